The quantitative estimate of drug-likeness (QED) is 0.432. The van der Waals surface area contributed by atoms with Crippen LogP contribution in [0, 0.1) is 0 Å². The lowest BCUT2D eigenvalue weighted by Crippen LogP contribution is -2.27. The van der Waals surface area contributed by atoms with E-state index in [1.54, 1.807) is 13.3 Å². The molecule has 5 heteroatoms. The summed E-state index contributed by atoms with van der Waals surface area (Å²) in [5.41, 5.74) is 5.41. The summed E-state index contributed by atoms with van der Waals surface area (Å²) >= 11 is 0. The van der Waals surface area contributed by atoms with Crippen LogP contribution in [0.3, 0.4) is 0 Å². The predicted octanol–water partition coefficient (Wildman–Crippen LogP) is 5.42. The summed E-state index contributed by atoms with van der Waals surface area (Å²) < 4.78 is 0. The molecule has 32 heavy (non-hydrogen) atoms. The van der Waals surface area contributed by atoms with Crippen molar-refractivity contribution in [1.29, 1.82) is 0 Å². The standard InChI is InChI=1S/C27H26N4O/c1-19(32)31(16-20-6-3-2-4-7-20)17-21-8-5-9-22(14-21)23-10-13-26-25(15-23)27(29-18-28-26)30-24-11-12-24/h2-10,13-15,18,24H,11-12,16-17H2,1H3,(H,28,29,30). The Morgan fingerprint density at radius 2 is 1.66 bits per heavy atom. The van der Waals surface area contributed by atoms with E-state index < -0.39 is 0 Å². The number of fused-ring (bicyclic) bond motifs is 1. The first-order valence-corrected chi connectivity index (χ1v) is 11.1. The van der Waals surface area contributed by atoms with Gasteiger partial charge in [0.05, 0.1) is 5.52 Å². The SMILES string of the molecule is CC(=O)N(Cc1ccccc1)Cc1cccc(-c2ccc3ncnc(NC4CC4)c3c2)c1. The van der Waals surface area contributed by atoms with Crippen molar-refractivity contribution in [1.82, 2.24) is 14.9 Å². The molecule has 1 aliphatic carbocycles. The normalized spacial score (nSPS) is 13.2. The lowest BCUT2D eigenvalue weighted by Gasteiger charge is -2.21. The first-order valence-electron chi connectivity index (χ1n) is 11.1. The summed E-state index contributed by atoms with van der Waals surface area (Å²) in [6.45, 7) is 2.80. The highest BCUT2D eigenvalue weighted by Gasteiger charge is 2.22. The number of carbonyl (C=O) groups excluding carboxylic acids is 1. The van der Waals surface area contributed by atoms with Crippen molar-refractivity contribution < 1.29 is 4.79 Å². The van der Waals surface area contributed by atoms with Crippen LogP contribution in [0.4, 0.5) is 5.82 Å². The molecule has 0 spiro atoms. The number of hydrogen-bond acceptors (Lipinski definition) is 4. The van der Waals surface area contributed by atoms with Crippen molar-refractivity contribution >= 4 is 22.6 Å². The highest BCUT2D eigenvalue weighted by molar-refractivity contribution is 5.92. The minimum atomic E-state index is 0.0675. The Labute approximate surface area is 188 Å². The minimum absolute atomic E-state index is 0.0675. The van der Waals surface area contributed by atoms with E-state index in [1.807, 2.05) is 29.2 Å². The predicted molar refractivity (Wildman–Crippen MR) is 128 cm³/mol. The summed E-state index contributed by atoms with van der Waals surface area (Å²) in [6.07, 6.45) is 4.02. The zero-order chi connectivity index (χ0) is 21.9. The molecule has 5 rings (SSSR count). The fourth-order valence-corrected chi connectivity index (χ4v) is 3.92. The van der Waals surface area contributed by atoms with E-state index >= 15 is 0 Å². The van der Waals surface area contributed by atoms with Crippen molar-refractivity contribution in [3.05, 3.63) is 90.3 Å². The van der Waals surface area contributed by atoms with Crippen LogP contribution >= 0.6 is 0 Å². The second-order valence-corrected chi connectivity index (χ2v) is 8.43. The lowest BCUT2D eigenvalue weighted by atomic mass is 10.0. The summed E-state index contributed by atoms with van der Waals surface area (Å²) in [5, 5.41) is 4.55. The Hall–Kier alpha value is -3.73. The highest BCUT2D eigenvalue weighted by Crippen LogP contribution is 2.31. The Bertz CT molecular complexity index is 1250. The van der Waals surface area contributed by atoms with Crippen molar-refractivity contribution in [3.63, 3.8) is 0 Å². The zero-order valence-corrected chi connectivity index (χ0v) is 18.2. The molecule has 0 saturated heterocycles. The van der Waals surface area contributed by atoms with Crippen LogP contribution in [-0.2, 0) is 17.9 Å². The summed E-state index contributed by atoms with van der Waals surface area (Å²) in [4.78, 5) is 23.1. The highest BCUT2D eigenvalue weighted by atomic mass is 16.2. The van der Waals surface area contributed by atoms with Gasteiger partial charge in [0.1, 0.15) is 12.1 Å². The summed E-state index contributed by atoms with van der Waals surface area (Å²) in [5.74, 6) is 0.971. The van der Waals surface area contributed by atoms with E-state index in [4.69, 9.17) is 0 Å². The third-order valence-electron chi connectivity index (χ3n) is 5.85. The van der Waals surface area contributed by atoms with Crippen LogP contribution in [0.5, 0.6) is 0 Å². The van der Waals surface area contributed by atoms with Crippen LogP contribution in [0.15, 0.2) is 79.1 Å². The number of benzene rings is 3. The maximum Gasteiger partial charge on any atom is 0.220 e. The van der Waals surface area contributed by atoms with Crippen molar-refractivity contribution in [2.75, 3.05) is 5.32 Å². The van der Waals surface area contributed by atoms with Crippen LogP contribution in [0.1, 0.15) is 30.9 Å². The summed E-state index contributed by atoms with van der Waals surface area (Å²) in [6, 6.07) is 25.4. The Morgan fingerprint density at radius 1 is 0.906 bits per heavy atom. The first-order chi connectivity index (χ1) is 15.7. The van der Waals surface area contributed by atoms with Gasteiger partial charge >= 0.3 is 0 Å². The molecule has 0 unspecified atom stereocenters. The lowest BCUT2D eigenvalue weighted by molar-refractivity contribution is -0.130. The number of rotatable bonds is 7. The van der Waals surface area contributed by atoms with E-state index in [1.165, 1.54) is 12.8 Å². The van der Waals surface area contributed by atoms with E-state index in [-0.39, 0.29) is 5.91 Å². The molecule has 1 amide bonds. The van der Waals surface area contributed by atoms with Gasteiger partial charge in [-0.1, -0.05) is 54.6 Å². The minimum Gasteiger partial charge on any atom is -0.367 e. The van der Waals surface area contributed by atoms with Crippen LogP contribution in [-0.4, -0.2) is 26.8 Å². The summed E-state index contributed by atoms with van der Waals surface area (Å²) in [7, 11) is 0. The van der Waals surface area contributed by atoms with Crippen LogP contribution < -0.4 is 5.32 Å². The molecule has 1 fully saturated rings. The van der Waals surface area contributed by atoms with Gasteiger partial charge in [0, 0.05) is 31.4 Å². The molecule has 1 aromatic heterocycles. The van der Waals surface area contributed by atoms with Gasteiger partial charge in [-0.3, -0.25) is 4.79 Å². The molecule has 0 atom stereocenters. The Kier molecular flexibility index (Phi) is 5.55. The van der Waals surface area contributed by atoms with Gasteiger partial charge in [0.25, 0.3) is 0 Å². The average molecular weight is 423 g/mol. The van der Waals surface area contributed by atoms with Gasteiger partial charge in [-0.05, 0) is 53.3 Å². The molecule has 5 nitrogen and oxygen atoms in total. The molecule has 4 aromatic rings. The van der Waals surface area contributed by atoms with Crippen molar-refractivity contribution in [2.45, 2.75) is 38.9 Å². The van der Waals surface area contributed by atoms with Gasteiger partial charge in [-0.25, -0.2) is 9.97 Å². The number of amides is 1. The van der Waals surface area contributed by atoms with E-state index in [0.717, 1.165) is 39.0 Å². The molecule has 160 valence electrons. The Morgan fingerprint density at radius 3 is 2.44 bits per heavy atom. The molecule has 0 aliphatic heterocycles. The van der Waals surface area contributed by atoms with Crippen LogP contribution in [0.2, 0.25) is 0 Å². The first kappa shape index (κ1) is 20.2. The second-order valence-electron chi connectivity index (χ2n) is 8.43. The van der Waals surface area contributed by atoms with E-state index in [9.17, 15) is 4.79 Å². The topological polar surface area (TPSA) is 58.1 Å². The molecule has 3 aromatic carbocycles. The Balaban J connectivity index is 1.41. The third-order valence-corrected chi connectivity index (χ3v) is 5.85. The average Bonchev–Trinajstić information content (AvgIpc) is 3.63. The monoisotopic (exact) mass is 422 g/mol. The van der Waals surface area contributed by atoms with Crippen molar-refractivity contribution in [3.8, 4) is 11.1 Å². The molecular formula is C27H26N4O. The molecule has 1 saturated carbocycles. The van der Waals surface area contributed by atoms with Gasteiger partial charge in [0.15, 0.2) is 0 Å². The fraction of sp³-hybridized carbons (Fsp3) is 0.222. The zero-order valence-electron chi connectivity index (χ0n) is 18.2. The molecule has 0 bridgehead atoms. The van der Waals surface area contributed by atoms with E-state index in [2.05, 4.69) is 63.8 Å². The molecule has 1 N–H and O–H groups in total. The van der Waals surface area contributed by atoms with E-state index in [0.29, 0.717) is 19.1 Å². The van der Waals surface area contributed by atoms with Gasteiger partial charge in [-0.2, -0.15) is 0 Å². The third kappa shape index (κ3) is 4.62. The number of nitrogens with one attached hydrogen (secondary N) is 1. The van der Waals surface area contributed by atoms with Gasteiger partial charge in [-0.15, -0.1) is 0 Å². The fourth-order valence-electron chi connectivity index (χ4n) is 3.92. The molecule has 1 aliphatic rings. The maximum absolute atomic E-state index is 12.3. The second kappa shape index (κ2) is 8.79. The number of nitrogens with zero attached hydrogens (tertiary/aromatic N) is 3. The molecular weight excluding hydrogens is 396 g/mol. The smallest absolute Gasteiger partial charge is 0.220 e. The number of carbonyl (C=O) groups is 1. The largest absolute Gasteiger partial charge is 0.367 e. The molecule has 0 radical (unpaired) electrons. The number of anilines is 1. The van der Waals surface area contributed by atoms with Gasteiger partial charge < -0.3 is 10.2 Å². The molecule has 1 heterocycles. The van der Waals surface area contributed by atoms with Crippen molar-refractivity contribution in [2.24, 2.45) is 0 Å². The maximum atomic E-state index is 12.3. The van der Waals surface area contributed by atoms with Crippen LogP contribution in [0.25, 0.3) is 22.0 Å². The van der Waals surface area contributed by atoms with Gasteiger partial charge in [0.2, 0.25) is 5.91 Å². The number of aromatic nitrogens is 2. The number of hydrogen-bond donors (Lipinski definition) is 1.